The quantitative estimate of drug-likeness (QED) is 0.880. The van der Waals surface area contributed by atoms with E-state index in [0.29, 0.717) is 6.04 Å². The number of halogens is 1. The van der Waals surface area contributed by atoms with Gasteiger partial charge in [0.25, 0.3) is 0 Å². The minimum atomic E-state index is 0.197. The topological polar surface area (TPSA) is 15.3 Å². The SMILES string of the molecule is CNC1CCC(C)(C)N(c2cccc(Cl)c2C)C1. The molecule has 1 fully saturated rings. The van der Waals surface area contributed by atoms with E-state index in [1.165, 1.54) is 24.1 Å². The first kappa shape index (κ1) is 13.7. The molecule has 1 heterocycles. The van der Waals surface area contributed by atoms with Gasteiger partial charge in [-0.1, -0.05) is 17.7 Å². The summed E-state index contributed by atoms with van der Waals surface area (Å²) in [7, 11) is 2.05. The second-order valence-electron chi connectivity index (χ2n) is 5.83. The van der Waals surface area contributed by atoms with Crippen LogP contribution in [0.3, 0.4) is 0 Å². The van der Waals surface area contributed by atoms with E-state index in [1.807, 2.05) is 19.2 Å². The molecule has 18 heavy (non-hydrogen) atoms. The smallest absolute Gasteiger partial charge is 0.0455 e. The Balaban J connectivity index is 2.36. The van der Waals surface area contributed by atoms with E-state index in [9.17, 15) is 0 Å². The fraction of sp³-hybridized carbons (Fsp3) is 0.600. The molecule has 0 bridgehead atoms. The summed E-state index contributed by atoms with van der Waals surface area (Å²) in [5.74, 6) is 0. The summed E-state index contributed by atoms with van der Waals surface area (Å²) in [6, 6.07) is 6.76. The summed E-state index contributed by atoms with van der Waals surface area (Å²) in [4.78, 5) is 2.50. The summed E-state index contributed by atoms with van der Waals surface area (Å²) < 4.78 is 0. The van der Waals surface area contributed by atoms with Crippen molar-refractivity contribution in [1.82, 2.24) is 5.32 Å². The number of hydrogen-bond acceptors (Lipinski definition) is 2. The molecule has 1 aliphatic heterocycles. The Morgan fingerprint density at radius 2 is 2.11 bits per heavy atom. The molecule has 0 aromatic heterocycles. The third-order valence-corrected chi connectivity index (χ3v) is 4.59. The van der Waals surface area contributed by atoms with Gasteiger partial charge in [-0.3, -0.25) is 0 Å². The van der Waals surface area contributed by atoms with Crippen molar-refractivity contribution in [3.63, 3.8) is 0 Å². The number of likely N-dealkylation sites (N-methyl/N-ethyl adjacent to an activating group) is 1. The van der Waals surface area contributed by atoms with Gasteiger partial charge in [-0.2, -0.15) is 0 Å². The Labute approximate surface area is 115 Å². The predicted molar refractivity (Wildman–Crippen MR) is 79.7 cm³/mol. The van der Waals surface area contributed by atoms with Crippen LogP contribution in [0, 0.1) is 6.92 Å². The summed E-state index contributed by atoms with van der Waals surface area (Å²) in [6.07, 6.45) is 2.43. The lowest BCUT2D eigenvalue weighted by Gasteiger charge is -2.47. The third-order valence-electron chi connectivity index (χ3n) is 4.18. The second-order valence-corrected chi connectivity index (χ2v) is 6.24. The molecule has 100 valence electrons. The van der Waals surface area contributed by atoms with Crippen molar-refractivity contribution in [3.05, 3.63) is 28.8 Å². The molecule has 0 radical (unpaired) electrons. The van der Waals surface area contributed by atoms with Gasteiger partial charge in [0.15, 0.2) is 0 Å². The van der Waals surface area contributed by atoms with Crippen molar-refractivity contribution < 1.29 is 0 Å². The zero-order valence-corrected chi connectivity index (χ0v) is 12.5. The lowest BCUT2D eigenvalue weighted by atomic mass is 9.87. The van der Waals surface area contributed by atoms with Crippen LogP contribution in [-0.4, -0.2) is 25.2 Å². The van der Waals surface area contributed by atoms with Gasteiger partial charge in [0.1, 0.15) is 0 Å². The lowest BCUT2D eigenvalue weighted by Crippen LogP contribution is -2.55. The van der Waals surface area contributed by atoms with Gasteiger partial charge in [-0.15, -0.1) is 0 Å². The average molecular weight is 267 g/mol. The molecule has 3 heteroatoms. The van der Waals surface area contributed by atoms with E-state index in [2.05, 4.69) is 37.1 Å². The van der Waals surface area contributed by atoms with Gasteiger partial charge < -0.3 is 10.2 Å². The molecule has 1 saturated heterocycles. The third kappa shape index (κ3) is 2.50. The van der Waals surface area contributed by atoms with E-state index in [0.717, 1.165) is 11.6 Å². The number of benzene rings is 1. The Bertz CT molecular complexity index is 429. The summed E-state index contributed by atoms with van der Waals surface area (Å²) in [5, 5.41) is 4.26. The highest BCUT2D eigenvalue weighted by Crippen LogP contribution is 2.36. The Hall–Kier alpha value is -0.730. The van der Waals surface area contributed by atoms with Gasteiger partial charge in [-0.25, -0.2) is 0 Å². The Morgan fingerprint density at radius 3 is 2.78 bits per heavy atom. The van der Waals surface area contributed by atoms with E-state index in [-0.39, 0.29) is 5.54 Å². The van der Waals surface area contributed by atoms with Crippen LogP contribution in [0.2, 0.25) is 5.02 Å². The van der Waals surface area contributed by atoms with Gasteiger partial charge in [0.2, 0.25) is 0 Å². The number of anilines is 1. The van der Waals surface area contributed by atoms with Gasteiger partial charge >= 0.3 is 0 Å². The predicted octanol–water partition coefficient (Wildman–Crippen LogP) is 3.62. The molecular weight excluding hydrogens is 244 g/mol. The average Bonchev–Trinajstić information content (AvgIpc) is 2.33. The second kappa shape index (κ2) is 5.10. The molecule has 0 aliphatic carbocycles. The van der Waals surface area contributed by atoms with Crippen molar-refractivity contribution in [3.8, 4) is 0 Å². The molecule has 0 spiro atoms. The summed E-state index contributed by atoms with van der Waals surface area (Å²) >= 11 is 6.25. The highest BCUT2D eigenvalue weighted by molar-refractivity contribution is 6.31. The van der Waals surface area contributed by atoms with Crippen LogP contribution in [0.1, 0.15) is 32.3 Å². The lowest BCUT2D eigenvalue weighted by molar-refractivity contribution is 0.313. The molecule has 1 aliphatic rings. The highest BCUT2D eigenvalue weighted by atomic mass is 35.5. The zero-order chi connectivity index (χ0) is 13.3. The van der Waals surface area contributed by atoms with Crippen molar-refractivity contribution in [2.75, 3.05) is 18.5 Å². The highest BCUT2D eigenvalue weighted by Gasteiger charge is 2.34. The van der Waals surface area contributed by atoms with Crippen LogP contribution in [0.25, 0.3) is 0 Å². The molecule has 1 N–H and O–H groups in total. The first-order valence-corrected chi connectivity index (χ1v) is 7.03. The Morgan fingerprint density at radius 1 is 1.39 bits per heavy atom. The van der Waals surface area contributed by atoms with Crippen LogP contribution < -0.4 is 10.2 Å². The van der Waals surface area contributed by atoms with E-state index in [1.54, 1.807) is 0 Å². The van der Waals surface area contributed by atoms with Crippen molar-refractivity contribution >= 4 is 17.3 Å². The largest absolute Gasteiger partial charge is 0.365 e. The van der Waals surface area contributed by atoms with Crippen LogP contribution in [-0.2, 0) is 0 Å². The molecule has 0 amide bonds. The standard InChI is InChI=1S/C15H23ClN2/c1-11-13(16)6-5-7-14(11)18-10-12(17-4)8-9-15(18,2)3/h5-7,12,17H,8-10H2,1-4H3. The van der Waals surface area contributed by atoms with Gasteiger partial charge in [-0.05, 0) is 58.4 Å². The molecule has 2 rings (SSSR count). The van der Waals surface area contributed by atoms with Crippen LogP contribution in [0.15, 0.2) is 18.2 Å². The maximum atomic E-state index is 6.25. The fourth-order valence-corrected chi connectivity index (χ4v) is 2.94. The molecule has 1 atom stereocenters. The number of nitrogens with zero attached hydrogens (tertiary/aromatic N) is 1. The maximum Gasteiger partial charge on any atom is 0.0455 e. The molecule has 1 unspecified atom stereocenters. The number of piperidine rings is 1. The van der Waals surface area contributed by atoms with Crippen LogP contribution >= 0.6 is 11.6 Å². The first-order chi connectivity index (χ1) is 8.45. The van der Waals surface area contributed by atoms with Gasteiger partial charge in [0, 0.05) is 28.8 Å². The Kier molecular flexibility index (Phi) is 3.88. The minimum absolute atomic E-state index is 0.197. The van der Waals surface area contributed by atoms with E-state index in [4.69, 9.17) is 11.6 Å². The van der Waals surface area contributed by atoms with Crippen molar-refractivity contribution in [2.45, 2.75) is 45.2 Å². The molecule has 1 aromatic carbocycles. The van der Waals surface area contributed by atoms with Crippen molar-refractivity contribution in [1.29, 1.82) is 0 Å². The zero-order valence-electron chi connectivity index (χ0n) is 11.8. The van der Waals surface area contributed by atoms with E-state index >= 15 is 0 Å². The number of rotatable bonds is 2. The van der Waals surface area contributed by atoms with Gasteiger partial charge in [0.05, 0.1) is 0 Å². The number of hydrogen-bond donors (Lipinski definition) is 1. The summed E-state index contributed by atoms with van der Waals surface area (Å²) in [5.41, 5.74) is 2.65. The summed E-state index contributed by atoms with van der Waals surface area (Å²) in [6.45, 7) is 7.79. The first-order valence-electron chi connectivity index (χ1n) is 6.66. The minimum Gasteiger partial charge on any atom is -0.365 e. The van der Waals surface area contributed by atoms with Crippen LogP contribution in [0.5, 0.6) is 0 Å². The van der Waals surface area contributed by atoms with Crippen LogP contribution in [0.4, 0.5) is 5.69 Å². The number of nitrogens with one attached hydrogen (secondary N) is 1. The fourth-order valence-electron chi connectivity index (χ4n) is 2.77. The molecule has 0 saturated carbocycles. The molecular formula is C15H23ClN2. The maximum absolute atomic E-state index is 6.25. The normalized spacial score (nSPS) is 23.2. The van der Waals surface area contributed by atoms with E-state index < -0.39 is 0 Å². The molecule has 1 aromatic rings. The van der Waals surface area contributed by atoms with Crippen molar-refractivity contribution in [2.24, 2.45) is 0 Å². The monoisotopic (exact) mass is 266 g/mol. The molecule has 2 nitrogen and oxygen atoms in total.